The van der Waals surface area contributed by atoms with Crippen LogP contribution in [-0.4, -0.2) is 17.6 Å². The number of nitrogens with one attached hydrogen (secondary N) is 1. The van der Waals surface area contributed by atoms with Gasteiger partial charge in [0.2, 0.25) is 0 Å². The molecule has 0 aromatic heterocycles. The number of amides is 2. The highest BCUT2D eigenvalue weighted by atomic mass is 32.2. The van der Waals surface area contributed by atoms with E-state index in [9.17, 15) is 9.59 Å². The Hall–Kier alpha value is -1.03. The third kappa shape index (κ3) is 1.94. The summed E-state index contributed by atoms with van der Waals surface area (Å²) in [4.78, 5) is 21.9. The first-order valence-corrected chi connectivity index (χ1v) is 4.03. The molecule has 4 heteroatoms. The van der Waals surface area contributed by atoms with Crippen LogP contribution < -0.4 is 5.32 Å². The van der Waals surface area contributed by atoms with Crippen LogP contribution in [0.15, 0.2) is 23.6 Å². The number of rotatable bonds is 3. The lowest BCUT2D eigenvalue weighted by Crippen LogP contribution is -2.21. The van der Waals surface area contributed by atoms with Crippen molar-refractivity contribution in [3.63, 3.8) is 0 Å². The Balaban J connectivity index is 2.56. The van der Waals surface area contributed by atoms with Gasteiger partial charge in [-0.25, -0.2) is 0 Å². The highest BCUT2D eigenvalue weighted by molar-refractivity contribution is 8.04. The summed E-state index contributed by atoms with van der Waals surface area (Å²) in [5.74, 6) is 0.00964. The van der Waals surface area contributed by atoms with Gasteiger partial charge in [-0.1, -0.05) is 6.08 Å². The van der Waals surface area contributed by atoms with E-state index in [-0.39, 0.29) is 11.8 Å². The van der Waals surface area contributed by atoms with Gasteiger partial charge in [-0.15, -0.1) is 18.3 Å². The molecule has 0 bridgehead atoms. The highest BCUT2D eigenvalue weighted by Crippen LogP contribution is 2.18. The van der Waals surface area contributed by atoms with Crippen molar-refractivity contribution < 1.29 is 9.59 Å². The second-order valence-electron chi connectivity index (χ2n) is 1.93. The second-order valence-corrected chi connectivity index (χ2v) is 2.99. The van der Waals surface area contributed by atoms with E-state index >= 15 is 0 Å². The van der Waals surface area contributed by atoms with Crippen LogP contribution in [0, 0.1) is 0 Å². The first-order valence-electron chi connectivity index (χ1n) is 3.04. The minimum atomic E-state index is -0.332. The fourth-order valence-corrected chi connectivity index (χ4v) is 1.32. The van der Waals surface area contributed by atoms with E-state index in [0.717, 1.165) is 0 Å². The zero-order valence-corrected chi connectivity index (χ0v) is 6.61. The fourth-order valence-electron chi connectivity index (χ4n) is 0.650. The Kier molecular flexibility index (Phi) is 2.48. The van der Waals surface area contributed by atoms with E-state index in [0.29, 0.717) is 10.7 Å². The Labute approximate surface area is 68.5 Å². The lowest BCUT2D eigenvalue weighted by Gasteiger charge is -1.93. The molecular formula is C7H7NO2S. The lowest BCUT2D eigenvalue weighted by molar-refractivity contribution is -0.123. The van der Waals surface area contributed by atoms with Crippen LogP contribution in [0.2, 0.25) is 0 Å². The molecule has 2 amide bonds. The van der Waals surface area contributed by atoms with E-state index in [1.165, 1.54) is 17.8 Å². The van der Waals surface area contributed by atoms with Crippen LogP contribution in [0.3, 0.4) is 0 Å². The molecule has 0 aliphatic carbocycles. The van der Waals surface area contributed by atoms with Crippen LogP contribution in [0.5, 0.6) is 0 Å². The second kappa shape index (κ2) is 3.39. The molecule has 1 rings (SSSR count). The average Bonchev–Trinajstić information content (AvgIpc) is 2.26. The molecule has 0 aromatic rings. The van der Waals surface area contributed by atoms with Gasteiger partial charge in [0.25, 0.3) is 11.8 Å². The Morgan fingerprint density at radius 3 is 2.82 bits per heavy atom. The van der Waals surface area contributed by atoms with Crippen LogP contribution in [0.4, 0.5) is 0 Å². The Morgan fingerprint density at radius 1 is 1.64 bits per heavy atom. The minimum Gasteiger partial charge on any atom is -0.288 e. The number of carbonyl (C=O) groups is 2. The number of thioether (sulfide) groups is 1. The summed E-state index contributed by atoms with van der Waals surface area (Å²) < 4.78 is 0. The molecular weight excluding hydrogens is 162 g/mol. The topological polar surface area (TPSA) is 46.2 Å². The molecule has 1 N–H and O–H groups in total. The minimum absolute atomic E-state index is 0.304. The molecule has 0 radical (unpaired) electrons. The quantitative estimate of drug-likeness (QED) is 0.492. The van der Waals surface area contributed by atoms with Crippen molar-refractivity contribution in [2.24, 2.45) is 0 Å². The van der Waals surface area contributed by atoms with Gasteiger partial charge in [-0.3, -0.25) is 14.9 Å². The molecule has 11 heavy (non-hydrogen) atoms. The van der Waals surface area contributed by atoms with Crippen molar-refractivity contribution >= 4 is 23.6 Å². The summed E-state index contributed by atoms with van der Waals surface area (Å²) in [6.45, 7) is 3.50. The summed E-state index contributed by atoms with van der Waals surface area (Å²) in [6.07, 6.45) is 2.98. The van der Waals surface area contributed by atoms with Gasteiger partial charge in [-0.2, -0.15) is 0 Å². The molecule has 0 unspecified atom stereocenters. The van der Waals surface area contributed by atoms with Gasteiger partial charge in [0.1, 0.15) is 0 Å². The van der Waals surface area contributed by atoms with Gasteiger partial charge in [0.15, 0.2) is 0 Å². The molecule has 0 atom stereocenters. The van der Waals surface area contributed by atoms with E-state index in [2.05, 4.69) is 11.9 Å². The predicted octanol–water partition coefficient (Wildman–Crippen LogP) is 0.446. The van der Waals surface area contributed by atoms with E-state index in [1.807, 2.05) is 0 Å². The maximum atomic E-state index is 10.8. The van der Waals surface area contributed by atoms with Crippen molar-refractivity contribution in [3.8, 4) is 0 Å². The van der Waals surface area contributed by atoms with Crippen LogP contribution in [-0.2, 0) is 9.59 Å². The van der Waals surface area contributed by atoms with E-state index < -0.39 is 0 Å². The molecule has 3 nitrogen and oxygen atoms in total. The van der Waals surface area contributed by atoms with Crippen LogP contribution in [0.1, 0.15) is 0 Å². The first-order chi connectivity index (χ1) is 5.24. The molecule has 0 saturated carbocycles. The van der Waals surface area contributed by atoms with Crippen LogP contribution in [0.25, 0.3) is 0 Å². The summed E-state index contributed by atoms with van der Waals surface area (Å²) in [7, 11) is 0. The third-order valence-corrected chi connectivity index (χ3v) is 2.10. The first kappa shape index (κ1) is 8.07. The predicted molar refractivity (Wildman–Crippen MR) is 43.9 cm³/mol. The van der Waals surface area contributed by atoms with Crippen molar-refractivity contribution in [1.29, 1.82) is 0 Å². The standard InChI is InChI=1S/C7H7NO2S/c1-2-3-11-5-4-6(9)8-7(5)10/h2,4H,1,3H2,(H,8,9,10). The van der Waals surface area contributed by atoms with Gasteiger partial charge in [0, 0.05) is 11.8 Å². The summed E-state index contributed by atoms with van der Waals surface area (Å²) >= 11 is 1.31. The number of hydrogen-bond donors (Lipinski definition) is 1. The lowest BCUT2D eigenvalue weighted by atomic mass is 10.5. The third-order valence-electron chi connectivity index (χ3n) is 1.08. The molecule has 0 saturated heterocycles. The SMILES string of the molecule is C=CCSC1=CC(=O)NC1=O. The Bertz CT molecular complexity index is 245. The molecule has 0 spiro atoms. The average molecular weight is 169 g/mol. The van der Waals surface area contributed by atoms with Crippen molar-refractivity contribution in [2.75, 3.05) is 5.75 Å². The fraction of sp³-hybridized carbons (Fsp3) is 0.143. The summed E-state index contributed by atoms with van der Waals surface area (Å²) in [6, 6.07) is 0. The molecule has 58 valence electrons. The van der Waals surface area contributed by atoms with Gasteiger partial charge in [0.05, 0.1) is 4.91 Å². The Morgan fingerprint density at radius 2 is 2.36 bits per heavy atom. The molecule has 0 aromatic carbocycles. The summed E-state index contributed by atoms with van der Waals surface area (Å²) in [5.41, 5.74) is 0. The van der Waals surface area contributed by atoms with Crippen LogP contribution >= 0.6 is 11.8 Å². The molecule has 0 fully saturated rings. The largest absolute Gasteiger partial charge is 0.288 e. The van der Waals surface area contributed by atoms with Gasteiger partial charge >= 0.3 is 0 Å². The molecule has 1 heterocycles. The van der Waals surface area contributed by atoms with Crippen molar-refractivity contribution in [2.45, 2.75) is 0 Å². The van der Waals surface area contributed by atoms with Crippen molar-refractivity contribution in [3.05, 3.63) is 23.6 Å². The van der Waals surface area contributed by atoms with E-state index in [4.69, 9.17) is 0 Å². The van der Waals surface area contributed by atoms with Crippen molar-refractivity contribution in [1.82, 2.24) is 5.32 Å². The zero-order valence-electron chi connectivity index (χ0n) is 5.79. The molecule has 1 aliphatic heterocycles. The summed E-state index contributed by atoms with van der Waals surface area (Å²) in [5, 5.41) is 2.15. The number of imide groups is 1. The maximum absolute atomic E-state index is 10.8. The smallest absolute Gasteiger partial charge is 0.264 e. The highest BCUT2D eigenvalue weighted by Gasteiger charge is 2.19. The monoisotopic (exact) mass is 169 g/mol. The molecule has 1 aliphatic rings. The number of carbonyl (C=O) groups excluding carboxylic acids is 2. The van der Waals surface area contributed by atoms with E-state index in [1.54, 1.807) is 6.08 Å². The maximum Gasteiger partial charge on any atom is 0.264 e. The zero-order chi connectivity index (χ0) is 8.27. The van der Waals surface area contributed by atoms with Gasteiger partial charge < -0.3 is 0 Å². The normalized spacial score (nSPS) is 16.2. The van der Waals surface area contributed by atoms with Gasteiger partial charge in [-0.05, 0) is 0 Å². The number of hydrogen-bond acceptors (Lipinski definition) is 3.